The summed E-state index contributed by atoms with van der Waals surface area (Å²) >= 11 is 0. The van der Waals surface area contributed by atoms with Gasteiger partial charge in [0.1, 0.15) is 5.75 Å². The van der Waals surface area contributed by atoms with Crippen LogP contribution in [0.4, 0.5) is 0 Å². The molecule has 2 aromatic rings. The minimum Gasteiger partial charge on any atom is -0.491 e. The molecule has 1 heterocycles. The fraction of sp³-hybridized carbons (Fsp3) is 0.471. The molecule has 2 N–H and O–H groups in total. The van der Waals surface area contributed by atoms with Gasteiger partial charge in [0, 0.05) is 12.1 Å². The molecular formula is C17H25N3O. The molecule has 2 rings (SSSR count). The van der Waals surface area contributed by atoms with E-state index in [9.17, 15) is 0 Å². The Bertz CT molecular complexity index is 577. The molecule has 0 saturated carbocycles. The maximum absolute atomic E-state index is 6.27. The third-order valence-electron chi connectivity index (χ3n) is 3.73. The molecule has 0 saturated heterocycles. The Hall–Kier alpha value is -1.81. The van der Waals surface area contributed by atoms with Crippen LogP contribution in [0.1, 0.15) is 45.9 Å². The molecule has 2 unspecified atom stereocenters. The van der Waals surface area contributed by atoms with Gasteiger partial charge in [-0.3, -0.25) is 0 Å². The van der Waals surface area contributed by atoms with Crippen molar-refractivity contribution in [3.63, 3.8) is 0 Å². The third-order valence-corrected chi connectivity index (χ3v) is 3.73. The summed E-state index contributed by atoms with van der Waals surface area (Å²) in [4.78, 5) is 4.25. The smallest absolute Gasteiger partial charge is 0.121 e. The minimum atomic E-state index is -0.0355. The second-order valence-corrected chi connectivity index (χ2v) is 5.79. The van der Waals surface area contributed by atoms with E-state index in [4.69, 9.17) is 10.5 Å². The number of imidazole rings is 1. The first-order valence-electron chi connectivity index (χ1n) is 7.57. The molecule has 0 aliphatic rings. The zero-order valence-corrected chi connectivity index (χ0v) is 13.3. The molecule has 1 aromatic heterocycles. The van der Waals surface area contributed by atoms with Gasteiger partial charge in [-0.05, 0) is 31.4 Å². The Balaban J connectivity index is 2.31. The Morgan fingerprint density at radius 2 is 2.05 bits per heavy atom. The molecule has 114 valence electrons. The SMILES string of the molecule is CCC(C)Oc1cccc(-n2cncc2C(N)C(C)C)c1. The first-order chi connectivity index (χ1) is 10.0. The average Bonchev–Trinajstić information content (AvgIpc) is 2.95. The van der Waals surface area contributed by atoms with Gasteiger partial charge in [0.25, 0.3) is 0 Å². The van der Waals surface area contributed by atoms with Gasteiger partial charge in [0.15, 0.2) is 0 Å². The van der Waals surface area contributed by atoms with Crippen molar-refractivity contribution < 1.29 is 4.74 Å². The van der Waals surface area contributed by atoms with E-state index >= 15 is 0 Å². The molecule has 21 heavy (non-hydrogen) atoms. The fourth-order valence-electron chi connectivity index (χ4n) is 2.13. The predicted molar refractivity (Wildman–Crippen MR) is 85.7 cm³/mol. The van der Waals surface area contributed by atoms with Gasteiger partial charge < -0.3 is 15.0 Å². The maximum atomic E-state index is 6.27. The first kappa shape index (κ1) is 15.6. The van der Waals surface area contributed by atoms with Gasteiger partial charge >= 0.3 is 0 Å². The maximum Gasteiger partial charge on any atom is 0.121 e. The van der Waals surface area contributed by atoms with Gasteiger partial charge in [-0.2, -0.15) is 0 Å². The van der Waals surface area contributed by atoms with Crippen LogP contribution in [0.2, 0.25) is 0 Å². The molecule has 0 amide bonds. The number of nitrogens with zero attached hydrogens (tertiary/aromatic N) is 2. The lowest BCUT2D eigenvalue weighted by molar-refractivity contribution is 0.217. The monoisotopic (exact) mass is 287 g/mol. The molecule has 0 fully saturated rings. The highest BCUT2D eigenvalue weighted by atomic mass is 16.5. The minimum absolute atomic E-state index is 0.0355. The highest BCUT2D eigenvalue weighted by Crippen LogP contribution is 2.24. The number of benzene rings is 1. The predicted octanol–water partition coefficient (Wildman–Crippen LogP) is 3.71. The zero-order valence-electron chi connectivity index (χ0n) is 13.3. The second-order valence-electron chi connectivity index (χ2n) is 5.79. The number of ether oxygens (including phenoxy) is 1. The van der Waals surface area contributed by atoms with Crippen molar-refractivity contribution in [3.8, 4) is 11.4 Å². The molecule has 2 atom stereocenters. The van der Waals surface area contributed by atoms with Crippen molar-refractivity contribution in [1.29, 1.82) is 0 Å². The van der Waals surface area contributed by atoms with Crippen molar-refractivity contribution in [3.05, 3.63) is 42.5 Å². The lowest BCUT2D eigenvalue weighted by Crippen LogP contribution is -2.19. The summed E-state index contributed by atoms with van der Waals surface area (Å²) in [6.45, 7) is 8.42. The highest BCUT2D eigenvalue weighted by Gasteiger charge is 2.16. The quantitative estimate of drug-likeness (QED) is 0.881. The van der Waals surface area contributed by atoms with Crippen LogP contribution in [-0.4, -0.2) is 15.7 Å². The summed E-state index contributed by atoms with van der Waals surface area (Å²) in [7, 11) is 0. The van der Waals surface area contributed by atoms with Crippen molar-refractivity contribution in [1.82, 2.24) is 9.55 Å². The molecule has 4 nitrogen and oxygen atoms in total. The highest BCUT2D eigenvalue weighted by molar-refractivity contribution is 5.41. The molecule has 0 aliphatic carbocycles. The summed E-state index contributed by atoms with van der Waals surface area (Å²) in [6.07, 6.45) is 4.84. The molecule has 1 aromatic carbocycles. The van der Waals surface area contributed by atoms with Gasteiger partial charge in [-0.15, -0.1) is 0 Å². The Morgan fingerprint density at radius 3 is 2.71 bits per heavy atom. The zero-order chi connectivity index (χ0) is 15.4. The Labute approximate surface area is 127 Å². The topological polar surface area (TPSA) is 53.1 Å². The van der Waals surface area contributed by atoms with Crippen LogP contribution in [0.5, 0.6) is 5.75 Å². The van der Waals surface area contributed by atoms with Crippen LogP contribution in [0.3, 0.4) is 0 Å². The molecule has 0 spiro atoms. The number of nitrogens with two attached hydrogens (primary N) is 1. The van der Waals surface area contributed by atoms with E-state index in [1.54, 1.807) is 6.33 Å². The van der Waals surface area contributed by atoms with E-state index in [1.807, 2.05) is 35.0 Å². The lowest BCUT2D eigenvalue weighted by Gasteiger charge is -2.19. The average molecular weight is 287 g/mol. The Kier molecular flexibility index (Phi) is 5.02. The van der Waals surface area contributed by atoms with Crippen molar-refractivity contribution >= 4 is 0 Å². The van der Waals surface area contributed by atoms with Gasteiger partial charge in [-0.25, -0.2) is 4.98 Å². The summed E-state index contributed by atoms with van der Waals surface area (Å²) in [5, 5.41) is 0. The molecule has 0 radical (unpaired) electrons. The fourth-order valence-corrected chi connectivity index (χ4v) is 2.13. The normalized spacial score (nSPS) is 14.2. The number of aromatic nitrogens is 2. The third kappa shape index (κ3) is 3.64. The number of hydrogen-bond acceptors (Lipinski definition) is 3. The molecule has 0 bridgehead atoms. The van der Waals surface area contributed by atoms with Crippen molar-refractivity contribution in [2.24, 2.45) is 11.7 Å². The van der Waals surface area contributed by atoms with Crippen molar-refractivity contribution in [2.75, 3.05) is 0 Å². The molecular weight excluding hydrogens is 262 g/mol. The van der Waals surface area contributed by atoms with Crippen LogP contribution in [0.15, 0.2) is 36.8 Å². The molecule has 0 aliphatic heterocycles. The van der Waals surface area contributed by atoms with E-state index in [0.717, 1.165) is 23.6 Å². The van der Waals surface area contributed by atoms with E-state index in [0.29, 0.717) is 5.92 Å². The van der Waals surface area contributed by atoms with Crippen LogP contribution < -0.4 is 10.5 Å². The van der Waals surface area contributed by atoms with Crippen LogP contribution in [0, 0.1) is 5.92 Å². The lowest BCUT2D eigenvalue weighted by atomic mass is 10.0. The summed E-state index contributed by atoms with van der Waals surface area (Å²) in [5.74, 6) is 1.24. The van der Waals surface area contributed by atoms with E-state index in [-0.39, 0.29) is 12.1 Å². The van der Waals surface area contributed by atoms with E-state index < -0.39 is 0 Å². The van der Waals surface area contributed by atoms with E-state index in [1.165, 1.54) is 0 Å². The van der Waals surface area contributed by atoms with Gasteiger partial charge in [-0.1, -0.05) is 26.8 Å². The Morgan fingerprint density at radius 1 is 1.29 bits per heavy atom. The van der Waals surface area contributed by atoms with E-state index in [2.05, 4.69) is 32.7 Å². The molecule has 4 heteroatoms. The van der Waals surface area contributed by atoms with Crippen molar-refractivity contribution in [2.45, 2.75) is 46.3 Å². The van der Waals surface area contributed by atoms with Crippen LogP contribution in [0.25, 0.3) is 5.69 Å². The summed E-state index contributed by atoms with van der Waals surface area (Å²) < 4.78 is 7.92. The van der Waals surface area contributed by atoms with Crippen LogP contribution in [-0.2, 0) is 0 Å². The summed E-state index contributed by atoms with van der Waals surface area (Å²) in [6, 6.07) is 8.02. The standard InChI is InChI=1S/C17H25N3O/c1-5-13(4)21-15-8-6-7-14(9-15)20-11-19-10-16(20)17(18)12(2)3/h6-13,17H,5,18H2,1-4H3. The number of rotatable bonds is 6. The van der Waals surface area contributed by atoms with Crippen LogP contribution >= 0.6 is 0 Å². The van der Waals surface area contributed by atoms with Gasteiger partial charge in [0.05, 0.1) is 30.0 Å². The first-order valence-corrected chi connectivity index (χ1v) is 7.57. The largest absolute Gasteiger partial charge is 0.491 e. The summed E-state index contributed by atoms with van der Waals surface area (Å²) in [5.41, 5.74) is 8.31. The number of hydrogen-bond donors (Lipinski definition) is 1. The second kappa shape index (κ2) is 6.76. The van der Waals surface area contributed by atoms with Gasteiger partial charge in [0.2, 0.25) is 0 Å².